The Morgan fingerprint density at radius 2 is 1.95 bits per heavy atom. The number of benzene rings is 1. The number of nitrogens with zero attached hydrogens (tertiary/aromatic N) is 1. The van der Waals surface area contributed by atoms with Crippen molar-refractivity contribution in [1.29, 1.82) is 0 Å². The lowest BCUT2D eigenvalue weighted by atomic mass is 10.2. The summed E-state index contributed by atoms with van der Waals surface area (Å²) in [7, 11) is -3.71. The molecule has 0 aliphatic rings. The van der Waals surface area contributed by atoms with Crippen molar-refractivity contribution in [2.75, 3.05) is 25.4 Å². The van der Waals surface area contributed by atoms with Crippen molar-refractivity contribution in [1.82, 2.24) is 4.31 Å². The number of rotatable bonds is 9. The first kappa shape index (κ1) is 18.2. The molecule has 0 amide bonds. The molecule has 21 heavy (non-hydrogen) atoms. The maximum absolute atomic E-state index is 12.6. The van der Waals surface area contributed by atoms with Gasteiger partial charge in [-0.05, 0) is 24.6 Å². The van der Waals surface area contributed by atoms with Crippen LogP contribution in [0, 0.1) is 0 Å². The highest BCUT2D eigenvalue weighted by Gasteiger charge is 2.25. The molecule has 0 fully saturated rings. The van der Waals surface area contributed by atoms with Crippen LogP contribution >= 0.6 is 11.6 Å². The summed E-state index contributed by atoms with van der Waals surface area (Å²) in [6, 6.07) is 4.32. The average Bonchev–Trinajstić information content (AvgIpc) is 2.41. The minimum absolute atomic E-state index is 0.0378. The molecule has 120 valence electrons. The van der Waals surface area contributed by atoms with Crippen LogP contribution in [0.25, 0.3) is 0 Å². The Bertz CT molecular complexity index is 549. The molecule has 0 heterocycles. The Hall–Kier alpha value is -0.820. The lowest BCUT2D eigenvalue weighted by Crippen LogP contribution is -2.34. The van der Waals surface area contributed by atoms with Crippen LogP contribution in [0.4, 0.5) is 5.69 Å². The fraction of sp³-hybridized carbons (Fsp3) is 0.571. The largest absolute Gasteiger partial charge is 0.398 e. The summed E-state index contributed by atoms with van der Waals surface area (Å²) in [5.74, 6) is 0. The first-order valence-corrected chi connectivity index (χ1v) is 8.91. The number of unbranched alkanes of at least 4 members (excludes halogenated alkanes) is 3. The Labute approximate surface area is 131 Å². The minimum atomic E-state index is -3.71. The maximum atomic E-state index is 12.6. The zero-order valence-electron chi connectivity index (χ0n) is 12.3. The molecule has 0 aliphatic heterocycles. The zero-order valence-corrected chi connectivity index (χ0v) is 13.8. The number of aliphatic hydroxyl groups is 1. The maximum Gasteiger partial charge on any atom is 0.245 e. The molecular weight excluding hydrogens is 312 g/mol. The average molecular weight is 335 g/mol. The fourth-order valence-electron chi connectivity index (χ4n) is 2.07. The highest BCUT2D eigenvalue weighted by Crippen LogP contribution is 2.25. The molecule has 0 saturated heterocycles. The third-order valence-electron chi connectivity index (χ3n) is 3.20. The molecule has 1 rings (SSSR count). The Kier molecular flexibility index (Phi) is 7.45. The van der Waals surface area contributed by atoms with E-state index in [0.717, 1.165) is 25.7 Å². The number of anilines is 1. The van der Waals surface area contributed by atoms with E-state index in [-0.39, 0.29) is 23.7 Å². The van der Waals surface area contributed by atoms with Gasteiger partial charge in [0, 0.05) is 18.1 Å². The quantitative estimate of drug-likeness (QED) is 0.537. The second-order valence-electron chi connectivity index (χ2n) is 4.87. The minimum Gasteiger partial charge on any atom is -0.398 e. The second-order valence-corrected chi connectivity index (χ2v) is 7.21. The number of nitrogen functional groups attached to an aromatic ring is 1. The number of aliphatic hydroxyl groups excluding tert-OH is 1. The van der Waals surface area contributed by atoms with Gasteiger partial charge in [-0.1, -0.05) is 37.8 Å². The molecule has 0 aromatic heterocycles. The van der Waals surface area contributed by atoms with E-state index in [4.69, 9.17) is 22.4 Å². The summed E-state index contributed by atoms with van der Waals surface area (Å²) >= 11 is 5.80. The number of halogens is 1. The van der Waals surface area contributed by atoms with Gasteiger partial charge in [0.25, 0.3) is 0 Å². The lowest BCUT2D eigenvalue weighted by molar-refractivity contribution is 0.251. The van der Waals surface area contributed by atoms with E-state index in [1.807, 2.05) is 0 Å². The molecular formula is C14H23ClN2O3S. The molecule has 0 atom stereocenters. The van der Waals surface area contributed by atoms with Gasteiger partial charge in [0.05, 0.1) is 12.3 Å². The molecule has 1 aromatic rings. The van der Waals surface area contributed by atoms with Crippen LogP contribution in [-0.4, -0.2) is 37.5 Å². The van der Waals surface area contributed by atoms with E-state index in [1.165, 1.54) is 22.5 Å². The molecule has 3 N–H and O–H groups in total. The first-order chi connectivity index (χ1) is 9.93. The van der Waals surface area contributed by atoms with Gasteiger partial charge in [0.1, 0.15) is 4.90 Å². The van der Waals surface area contributed by atoms with Crippen molar-refractivity contribution < 1.29 is 13.5 Å². The van der Waals surface area contributed by atoms with Gasteiger partial charge in [0.15, 0.2) is 0 Å². The Morgan fingerprint density at radius 3 is 2.52 bits per heavy atom. The van der Waals surface area contributed by atoms with E-state index >= 15 is 0 Å². The highest BCUT2D eigenvalue weighted by molar-refractivity contribution is 7.89. The van der Waals surface area contributed by atoms with Crippen LogP contribution in [-0.2, 0) is 10.0 Å². The van der Waals surface area contributed by atoms with E-state index in [1.54, 1.807) is 0 Å². The fourth-order valence-corrected chi connectivity index (χ4v) is 3.82. The second kappa shape index (κ2) is 8.58. The van der Waals surface area contributed by atoms with Gasteiger partial charge in [-0.3, -0.25) is 0 Å². The van der Waals surface area contributed by atoms with E-state index in [9.17, 15) is 8.42 Å². The number of sulfonamides is 1. The summed E-state index contributed by atoms with van der Waals surface area (Å²) in [5, 5.41) is 9.50. The van der Waals surface area contributed by atoms with Gasteiger partial charge in [-0.15, -0.1) is 0 Å². The van der Waals surface area contributed by atoms with Crippen molar-refractivity contribution in [3.05, 3.63) is 23.2 Å². The van der Waals surface area contributed by atoms with Gasteiger partial charge >= 0.3 is 0 Å². The van der Waals surface area contributed by atoms with Crippen molar-refractivity contribution in [3.63, 3.8) is 0 Å². The van der Waals surface area contributed by atoms with Crippen LogP contribution in [0.1, 0.15) is 32.6 Å². The molecule has 5 nitrogen and oxygen atoms in total. The molecule has 1 aromatic carbocycles. The van der Waals surface area contributed by atoms with E-state index in [2.05, 4.69) is 6.92 Å². The molecule has 0 spiro atoms. The van der Waals surface area contributed by atoms with Crippen molar-refractivity contribution >= 4 is 27.3 Å². The van der Waals surface area contributed by atoms with Gasteiger partial charge in [-0.2, -0.15) is 4.31 Å². The molecule has 7 heteroatoms. The number of nitrogens with two attached hydrogens (primary N) is 1. The highest BCUT2D eigenvalue weighted by atomic mass is 35.5. The predicted molar refractivity (Wildman–Crippen MR) is 85.9 cm³/mol. The van der Waals surface area contributed by atoms with E-state index < -0.39 is 10.0 Å². The Balaban J connectivity index is 2.93. The van der Waals surface area contributed by atoms with Crippen LogP contribution in [0.5, 0.6) is 0 Å². The summed E-state index contributed by atoms with van der Waals surface area (Å²) < 4.78 is 26.5. The van der Waals surface area contributed by atoms with Crippen molar-refractivity contribution in [2.24, 2.45) is 0 Å². The molecule has 0 unspecified atom stereocenters. The van der Waals surface area contributed by atoms with E-state index in [0.29, 0.717) is 11.6 Å². The summed E-state index contributed by atoms with van der Waals surface area (Å²) in [6.45, 7) is 2.32. The number of hydrogen-bond donors (Lipinski definition) is 2. The SMILES string of the molecule is CCCCCCN(CCO)S(=O)(=O)c1ccc(Cl)cc1N. The van der Waals surface area contributed by atoms with Gasteiger partial charge in [-0.25, -0.2) is 8.42 Å². The third kappa shape index (κ3) is 5.14. The first-order valence-electron chi connectivity index (χ1n) is 7.09. The van der Waals surface area contributed by atoms with Crippen LogP contribution in [0.3, 0.4) is 0 Å². The van der Waals surface area contributed by atoms with Crippen LogP contribution in [0.15, 0.2) is 23.1 Å². The summed E-state index contributed by atoms with van der Waals surface area (Å²) in [6.07, 6.45) is 3.87. The van der Waals surface area contributed by atoms with Crippen molar-refractivity contribution in [3.8, 4) is 0 Å². The molecule has 0 radical (unpaired) electrons. The zero-order chi connectivity index (χ0) is 15.9. The van der Waals surface area contributed by atoms with Crippen molar-refractivity contribution in [2.45, 2.75) is 37.5 Å². The lowest BCUT2D eigenvalue weighted by Gasteiger charge is -2.22. The standard InChI is InChI=1S/C14H23ClN2O3S/c1-2-3-4-5-8-17(9-10-18)21(19,20)14-7-6-12(15)11-13(14)16/h6-7,11,18H,2-5,8-10,16H2,1H3. The topological polar surface area (TPSA) is 83.6 Å². The van der Waals surface area contributed by atoms with Crippen LogP contribution < -0.4 is 5.73 Å². The number of hydrogen-bond acceptors (Lipinski definition) is 4. The Morgan fingerprint density at radius 1 is 1.24 bits per heavy atom. The third-order valence-corrected chi connectivity index (χ3v) is 5.41. The smallest absolute Gasteiger partial charge is 0.245 e. The predicted octanol–water partition coefficient (Wildman–Crippen LogP) is 2.49. The van der Waals surface area contributed by atoms with Crippen LogP contribution in [0.2, 0.25) is 5.02 Å². The normalized spacial score (nSPS) is 12.0. The summed E-state index contributed by atoms with van der Waals surface area (Å²) in [4.78, 5) is 0.0378. The monoisotopic (exact) mass is 334 g/mol. The summed E-state index contributed by atoms with van der Waals surface area (Å²) in [5.41, 5.74) is 5.89. The van der Waals surface area contributed by atoms with Gasteiger partial charge < -0.3 is 10.8 Å². The molecule has 0 aliphatic carbocycles. The molecule has 0 bridgehead atoms. The van der Waals surface area contributed by atoms with Gasteiger partial charge in [0.2, 0.25) is 10.0 Å². The molecule has 0 saturated carbocycles.